The van der Waals surface area contributed by atoms with Crippen LogP contribution in [0, 0.1) is 0 Å². The molecule has 1 aliphatic rings. The third kappa shape index (κ3) is 4.64. The monoisotopic (exact) mass is 342 g/mol. The SMILES string of the molecule is O=C[C@H](O)[C@@H](O)C(O[C@@H]1O[C@H](CO)[C@H](O)[C@H](O)[C@H]1O)[C@H](O)CO. The molecule has 0 aliphatic carbocycles. The van der Waals surface area contributed by atoms with Gasteiger partial charge in [-0.3, -0.25) is 0 Å². The lowest BCUT2D eigenvalue weighted by Gasteiger charge is -2.42. The van der Waals surface area contributed by atoms with E-state index in [-0.39, 0.29) is 6.29 Å². The lowest BCUT2D eigenvalue weighted by atomic mass is 9.98. The zero-order valence-electron chi connectivity index (χ0n) is 12.0. The summed E-state index contributed by atoms with van der Waals surface area (Å²) < 4.78 is 10.1. The van der Waals surface area contributed by atoms with Gasteiger partial charge in [0.15, 0.2) is 12.6 Å². The Morgan fingerprint density at radius 3 is 2.13 bits per heavy atom. The van der Waals surface area contributed by atoms with Crippen LogP contribution in [0.5, 0.6) is 0 Å². The number of aliphatic hydroxyl groups excluding tert-OH is 8. The molecule has 23 heavy (non-hydrogen) atoms. The van der Waals surface area contributed by atoms with E-state index < -0.39 is 68.3 Å². The van der Waals surface area contributed by atoms with Crippen LogP contribution < -0.4 is 0 Å². The van der Waals surface area contributed by atoms with Crippen molar-refractivity contribution in [2.75, 3.05) is 13.2 Å². The van der Waals surface area contributed by atoms with Gasteiger partial charge in [-0.2, -0.15) is 0 Å². The summed E-state index contributed by atoms with van der Waals surface area (Å²) in [5.41, 5.74) is 0. The molecule has 0 saturated carbocycles. The first-order chi connectivity index (χ1) is 10.8. The quantitative estimate of drug-likeness (QED) is 0.196. The van der Waals surface area contributed by atoms with Crippen LogP contribution in [0.25, 0.3) is 0 Å². The highest BCUT2D eigenvalue weighted by Gasteiger charge is 2.46. The first kappa shape index (κ1) is 20.3. The molecule has 9 atom stereocenters. The first-order valence-electron chi connectivity index (χ1n) is 6.84. The van der Waals surface area contributed by atoms with Gasteiger partial charge in [-0.1, -0.05) is 0 Å². The van der Waals surface area contributed by atoms with Crippen LogP contribution in [0.15, 0.2) is 0 Å². The number of ether oxygens (including phenoxy) is 2. The number of carbonyl (C=O) groups excluding carboxylic acids is 1. The van der Waals surface area contributed by atoms with Crippen LogP contribution in [0.2, 0.25) is 0 Å². The summed E-state index contributed by atoms with van der Waals surface area (Å²) in [6.45, 7) is -1.64. The fourth-order valence-corrected chi connectivity index (χ4v) is 2.11. The van der Waals surface area contributed by atoms with Gasteiger partial charge in [-0.25, -0.2) is 0 Å². The fraction of sp³-hybridized carbons (Fsp3) is 0.917. The van der Waals surface area contributed by atoms with E-state index in [1.54, 1.807) is 0 Å². The molecule has 11 nitrogen and oxygen atoms in total. The van der Waals surface area contributed by atoms with Crippen LogP contribution in [-0.2, 0) is 14.3 Å². The van der Waals surface area contributed by atoms with Gasteiger partial charge in [0.2, 0.25) is 0 Å². The Morgan fingerprint density at radius 2 is 1.65 bits per heavy atom. The summed E-state index contributed by atoms with van der Waals surface area (Å²) >= 11 is 0. The standard InChI is InChI=1S/C12H22O11/c13-1-4(16)7(18)11(5(17)2-14)23-12-10(21)9(20)8(19)6(3-15)22-12/h1,4-12,14-21H,2-3H2/t4-,5+,6+,7+,8-,9-,10+,11?,12-/m0/s1. The summed E-state index contributed by atoms with van der Waals surface area (Å²) in [6, 6.07) is 0. The highest BCUT2D eigenvalue weighted by molar-refractivity contribution is 5.56. The zero-order valence-corrected chi connectivity index (χ0v) is 12.0. The van der Waals surface area contributed by atoms with Gasteiger partial charge >= 0.3 is 0 Å². The summed E-state index contributed by atoms with van der Waals surface area (Å²) in [7, 11) is 0. The van der Waals surface area contributed by atoms with E-state index in [0.717, 1.165) is 0 Å². The average molecular weight is 342 g/mol. The number of hydrogen-bond acceptors (Lipinski definition) is 11. The number of aldehydes is 1. The Morgan fingerprint density at radius 1 is 1.04 bits per heavy atom. The molecule has 8 N–H and O–H groups in total. The molecule has 0 aromatic heterocycles. The lowest BCUT2D eigenvalue weighted by Crippen LogP contribution is -2.61. The largest absolute Gasteiger partial charge is 0.394 e. The highest BCUT2D eigenvalue weighted by Crippen LogP contribution is 2.24. The Kier molecular flexibility index (Phi) is 7.89. The molecule has 136 valence electrons. The molecule has 11 heteroatoms. The van der Waals surface area contributed by atoms with E-state index in [4.69, 9.17) is 19.7 Å². The normalized spacial score (nSPS) is 37.0. The van der Waals surface area contributed by atoms with Crippen molar-refractivity contribution >= 4 is 6.29 Å². The molecule has 1 fully saturated rings. The predicted molar refractivity (Wildman–Crippen MR) is 69.8 cm³/mol. The van der Waals surface area contributed by atoms with Crippen molar-refractivity contribution in [3.05, 3.63) is 0 Å². The fourth-order valence-electron chi connectivity index (χ4n) is 2.11. The summed E-state index contributed by atoms with van der Waals surface area (Å²) in [5, 5.41) is 75.7. The third-order valence-corrected chi connectivity index (χ3v) is 3.53. The van der Waals surface area contributed by atoms with Crippen molar-refractivity contribution in [3.8, 4) is 0 Å². The van der Waals surface area contributed by atoms with Gasteiger partial charge in [-0.05, 0) is 0 Å². The average Bonchev–Trinajstić information content (AvgIpc) is 2.57. The minimum atomic E-state index is -1.97. The molecule has 0 bridgehead atoms. The van der Waals surface area contributed by atoms with Crippen LogP contribution in [0.3, 0.4) is 0 Å². The molecule has 1 saturated heterocycles. The Labute approximate surface area is 130 Å². The van der Waals surface area contributed by atoms with Gasteiger partial charge in [-0.15, -0.1) is 0 Å². The first-order valence-corrected chi connectivity index (χ1v) is 6.84. The number of hydrogen-bond donors (Lipinski definition) is 8. The number of rotatable bonds is 8. The maximum atomic E-state index is 10.5. The lowest BCUT2D eigenvalue weighted by molar-refractivity contribution is -0.326. The molecule has 1 rings (SSSR count). The van der Waals surface area contributed by atoms with Gasteiger partial charge < -0.3 is 55.1 Å². The zero-order chi connectivity index (χ0) is 17.7. The smallest absolute Gasteiger partial charge is 0.187 e. The van der Waals surface area contributed by atoms with Crippen molar-refractivity contribution in [1.29, 1.82) is 0 Å². The Hall–Kier alpha value is -0.730. The minimum absolute atomic E-state index is 0.0294. The second-order valence-corrected chi connectivity index (χ2v) is 5.17. The maximum absolute atomic E-state index is 10.5. The van der Waals surface area contributed by atoms with Gasteiger partial charge in [0.05, 0.1) is 13.2 Å². The molecule has 0 aromatic rings. The van der Waals surface area contributed by atoms with Crippen LogP contribution in [0.4, 0.5) is 0 Å². The molecule has 1 unspecified atom stereocenters. The topological polar surface area (TPSA) is 197 Å². The number of carbonyl (C=O) groups is 1. The molecule has 0 aromatic carbocycles. The molecular formula is C12H22O11. The van der Waals surface area contributed by atoms with E-state index in [1.807, 2.05) is 0 Å². The van der Waals surface area contributed by atoms with E-state index in [0.29, 0.717) is 0 Å². The van der Waals surface area contributed by atoms with Crippen molar-refractivity contribution in [1.82, 2.24) is 0 Å². The third-order valence-electron chi connectivity index (χ3n) is 3.53. The second-order valence-electron chi connectivity index (χ2n) is 5.17. The summed E-state index contributed by atoms with van der Waals surface area (Å²) in [6.07, 6.45) is -15.7. The van der Waals surface area contributed by atoms with Crippen LogP contribution in [0.1, 0.15) is 0 Å². The van der Waals surface area contributed by atoms with Gasteiger partial charge in [0.25, 0.3) is 0 Å². The van der Waals surface area contributed by atoms with Crippen molar-refractivity contribution in [3.63, 3.8) is 0 Å². The maximum Gasteiger partial charge on any atom is 0.187 e. The van der Waals surface area contributed by atoms with Crippen LogP contribution in [-0.4, -0.2) is 115 Å². The molecule has 1 aliphatic heterocycles. The molecular weight excluding hydrogens is 320 g/mol. The van der Waals surface area contributed by atoms with E-state index in [9.17, 15) is 35.4 Å². The second kappa shape index (κ2) is 8.94. The van der Waals surface area contributed by atoms with E-state index >= 15 is 0 Å². The summed E-state index contributed by atoms with van der Waals surface area (Å²) in [5.74, 6) is 0. The van der Waals surface area contributed by atoms with E-state index in [1.165, 1.54) is 0 Å². The van der Waals surface area contributed by atoms with Crippen molar-refractivity contribution in [2.24, 2.45) is 0 Å². The summed E-state index contributed by atoms with van der Waals surface area (Å²) in [4.78, 5) is 10.5. The molecule has 0 amide bonds. The van der Waals surface area contributed by atoms with Crippen LogP contribution >= 0.6 is 0 Å². The van der Waals surface area contributed by atoms with Crippen molar-refractivity contribution in [2.45, 2.75) is 55.1 Å². The predicted octanol–water partition coefficient (Wildman–Crippen LogP) is -5.55. The van der Waals surface area contributed by atoms with Gasteiger partial charge in [0.1, 0.15) is 48.8 Å². The molecule has 0 radical (unpaired) electrons. The Bertz CT molecular complexity index is 365. The van der Waals surface area contributed by atoms with Gasteiger partial charge in [0, 0.05) is 0 Å². The Balaban J connectivity index is 2.91. The van der Waals surface area contributed by atoms with Crippen molar-refractivity contribution < 1.29 is 55.1 Å². The highest BCUT2D eigenvalue weighted by atomic mass is 16.7. The van der Waals surface area contributed by atoms with E-state index in [2.05, 4.69) is 0 Å². The number of aliphatic hydroxyl groups is 8. The minimum Gasteiger partial charge on any atom is -0.394 e. The molecule has 1 heterocycles. The molecule has 0 spiro atoms.